The van der Waals surface area contributed by atoms with Crippen molar-refractivity contribution in [2.45, 2.75) is 18.6 Å². The number of fused-ring (bicyclic) bond motifs is 1. The third-order valence-corrected chi connectivity index (χ3v) is 3.60. The molecule has 98 valence electrons. The van der Waals surface area contributed by atoms with E-state index in [9.17, 15) is 0 Å². The van der Waals surface area contributed by atoms with E-state index in [2.05, 4.69) is 5.43 Å². The van der Waals surface area contributed by atoms with Crippen molar-refractivity contribution in [1.82, 2.24) is 5.43 Å². The maximum atomic E-state index is 5.97. The first-order chi connectivity index (χ1) is 8.88. The maximum Gasteiger partial charge on any atom is 0.161 e. The molecule has 0 aromatic heterocycles. The fourth-order valence-corrected chi connectivity index (χ4v) is 2.60. The molecule has 2 aliphatic heterocycles. The summed E-state index contributed by atoms with van der Waals surface area (Å²) in [6.07, 6.45) is 0.938. The van der Waals surface area contributed by atoms with Gasteiger partial charge in [0, 0.05) is 12.5 Å². The number of benzene rings is 1. The van der Waals surface area contributed by atoms with E-state index in [1.54, 1.807) is 0 Å². The van der Waals surface area contributed by atoms with Gasteiger partial charge in [-0.05, 0) is 18.6 Å². The lowest BCUT2D eigenvalue weighted by molar-refractivity contribution is 0.0407. The molecule has 0 radical (unpaired) electrons. The highest BCUT2D eigenvalue weighted by atomic mass is 16.6. The van der Waals surface area contributed by atoms with Gasteiger partial charge in [-0.3, -0.25) is 11.3 Å². The van der Waals surface area contributed by atoms with Crippen LogP contribution in [-0.2, 0) is 4.74 Å². The first-order valence-electron chi connectivity index (χ1n) is 6.31. The molecule has 0 amide bonds. The van der Waals surface area contributed by atoms with Crippen LogP contribution >= 0.6 is 0 Å². The van der Waals surface area contributed by atoms with E-state index < -0.39 is 0 Å². The zero-order valence-electron chi connectivity index (χ0n) is 10.2. The SMILES string of the molecule is NNC(C1CCOC1)C1COc2ccccc2O1. The molecule has 1 aromatic rings. The lowest BCUT2D eigenvalue weighted by Gasteiger charge is -2.34. The molecule has 3 N–H and O–H groups in total. The van der Waals surface area contributed by atoms with Crippen molar-refractivity contribution in [3.8, 4) is 11.5 Å². The fourth-order valence-electron chi connectivity index (χ4n) is 2.60. The summed E-state index contributed by atoms with van der Waals surface area (Å²) in [7, 11) is 0. The topological polar surface area (TPSA) is 65.7 Å². The Hall–Kier alpha value is -1.30. The maximum absolute atomic E-state index is 5.97. The number of hydrogen-bond acceptors (Lipinski definition) is 5. The summed E-state index contributed by atoms with van der Waals surface area (Å²) in [6.45, 7) is 2.05. The number of hydrogen-bond donors (Lipinski definition) is 2. The third-order valence-electron chi connectivity index (χ3n) is 3.60. The first-order valence-corrected chi connectivity index (χ1v) is 6.31. The van der Waals surface area contributed by atoms with Crippen LogP contribution in [0.1, 0.15) is 6.42 Å². The molecule has 2 aliphatic rings. The van der Waals surface area contributed by atoms with Crippen molar-refractivity contribution in [2.75, 3.05) is 19.8 Å². The minimum atomic E-state index is -0.0726. The molecule has 5 nitrogen and oxygen atoms in total. The molecule has 0 aliphatic carbocycles. The van der Waals surface area contributed by atoms with E-state index in [1.165, 1.54) is 0 Å². The number of rotatable bonds is 3. The lowest BCUT2D eigenvalue weighted by atomic mass is 9.94. The van der Waals surface area contributed by atoms with Gasteiger partial charge in [0.2, 0.25) is 0 Å². The summed E-state index contributed by atoms with van der Waals surface area (Å²) in [5.41, 5.74) is 2.86. The normalized spacial score (nSPS) is 28.1. The summed E-state index contributed by atoms with van der Waals surface area (Å²) < 4.78 is 17.1. The van der Waals surface area contributed by atoms with Gasteiger partial charge in [-0.2, -0.15) is 0 Å². The van der Waals surface area contributed by atoms with Crippen LogP contribution in [-0.4, -0.2) is 32.0 Å². The van der Waals surface area contributed by atoms with E-state index in [0.29, 0.717) is 12.5 Å². The van der Waals surface area contributed by atoms with Gasteiger partial charge in [0.1, 0.15) is 12.7 Å². The second kappa shape index (κ2) is 5.14. The molecule has 5 heteroatoms. The van der Waals surface area contributed by atoms with Gasteiger partial charge in [-0.25, -0.2) is 0 Å². The van der Waals surface area contributed by atoms with E-state index >= 15 is 0 Å². The van der Waals surface area contributed by atoms with E-state index in [-0.39, 0.29) is 12.1 Å². The van der Waals surface area contributed by atoms with Gasteiger partial charge in [-0.1, -0.05) is 12.1 Å². The molecule has 1 saturated heterocycles. The Bertz CT molecular complexity index is 407. The Morgan fingerprint density at radius 2 is 2.06 bits per heavy atom. The van der Waals surface area contributed by atoms with Gasteiger partial charge in [-0.15, -0.1) is 0 Å². The average Bonchev–Trinajstić information content (AvgIpc) is 2.93. The van der Waals surface area contributed by atoms with Crippen molar-refractivity contribution in [3.05, 3.63) is 24.3 Å². The average molecular weight is 250 g/mol. The van der Waals surface area contributed by atoms with Crippen molar-refractivity contribution >= 4 is 0 Å². The molecular weight excluding hydrogens is 232 g/mol. The van der Waals surface area contributed by atoms with Crippen molar-refractivity contribution in [2.24, 2.45) is 11.8 Å². The number of ether oxygens (including phenoxy) is 3. The molecule has 1 fully saturated rings. The van der Waals surface area contributed by atoms with Crippen molar-refractivity contribution < 1.29 is 14.2 Å². The van der Waals surface area contributed by atoms with Gasteiger partial charge in [0.25, 0.3) is 0 Å². The molecular formula is C13H18N2O3. The molecule has 0 bridgehead atoms. The van der Waals surface area contributed by atoms with Crippen molar-refractivity contribution in [3.63, 3.8) is 0 Å². The second-order valence-corrected chi connectivity index (χ2v) is 4.73. The standard InChI is InChI=1S/C13H18N2O3/c14-15-13(9-5-6-16-7-9)12-8-17-10-3-1-2-4-11(10)18-12/h1-4,9,12-13,15H,5-8,14H2. The predicted molar refractivity (Wildman–Crippen MR) is 66.4 cm³/mol. The number of hydrazine groups is 1. The second-order valence-electron chi connectivity index (χ2n) is 4.73. The highest BCUT2D eigenvalue weighted by molar-refractivity contribution is 5.40. The van der Waals surface area contributed by atoms with Gasteiger partial charge in [0.15, 0.2) is 11.5 Å². The predicted octanol–water partition coefficient (Wildman–Crippen LogP) is 0.695. The van der Waals surface area contributed by atoms with Crippen molar-refractivity contribution in [1.29, 1.82) is 0 Å². The molecule has 0 saturated carbocycles. The lowest BCUT2D eigenvalue weighted by Crippen LogP contribution is -2.54. The largest absolute Gasteiger partial charge is 0.486 e. The highest BCUT2D eigenvalue weighted by Crippen LogP contribution is 2.33. The van der Waals surface area contributed by atoms with E-state index in [0.717, 1.165) is 31.1 Å². The quantitative estimate of drug-likeness (QED) is 0.610. The zero-order chi connectivity index (χ0) is 12.4. The molecule has 1 aromatic carbocycles. The summed E-state index contributed by atoms with van der Waals surface area (Å²) >= 11 is 0. The monoisotopic (exact) mass is 250 g/mol. The minimum absolute atomic E-state index is 0.0563. The van der Waals surface area contributed by atoms with Crippen LogP contribution in [0.5, 0.6) is 11.5 Å². The smallest absolute Gasteiger partial charge is 0.161 e. The minimum Gasteiger partial charge on any atom is -0.486 e. The van der Waals surface area contributed by atoms with Gasteiger partial charge < -0.3 is 14.2 Å². The molecule has 2 heterocycles. The fraction of sp³-hybridized carbons (Fsp3) is 0.538. The van der Waals surface area contributed by atoms with E-state index in [4.69, 9.17) is 20.1 Å². The summed E-state index contributed by atoms with van der Waals surface area (Å²) in [5, 5.41) is 0. The first kappa shape index (κ1) is 11.8. The molecule has 3 unspecified atom stereocenters. The number of nitrogens with one attached hydrogen (secondary N) is 1. The Balaban J connectivity index is 1.73. The summed E-state index contributed by atoms with van der Waals surface area (Å²) in [6, 6.07) is 7.76. The van der Waals surface area contributed by atoms with Crippen LogP contribution < -0.4 is 20.7 Å². The van der Waals surface area contributed by atoms with Gasteiger partial charge >= 0.3 is 0 Å². The number of para-hydroxylation sites is 2. The van der Waals surface area contributed by atoms with Crippen LogP contribution in [0.2, 0.25) is 0 Å². The molecule has 18 heavy (non-hydrogen) atoms. The Morgan fingerprint density at radius 1 is 1.22 bits per heavy atom. The summed E-state index contributed by atoms with van der Waals surface area (Å²) in [5.74, 6) is 7.63. The Morgan fingerprint density at radius 3 is 2.78 bits per heavy atom. The van der Waals surface area contributed by atoms with Crippen LogP contribution in [0.4, 0.5) is 0 Å². The molecule has 3 atom stereocenters. The van der Waals surface area contributed by atoms with E-state index in [1.807, 2.05) is 24.3 Å². The Labute approximate surface area is 106 Å². The third kappa shape index (κ3) is 2.16. The zero-order valence-corrected chi connectivity index (χ0v) is 10.2. The Kier molecular flexibility index (Phi) is 3.36. The highest BCUT2D eigenvalue weighted by Gasteiger charge is 2.35. The van der Waals surface area contributed by atoms with Crippen LogP contribution in [0, 0.1) is 5.92 Å². The number of nitrogens with two attached hydrogens (primary N) is 1. The van der Waals surface area contributed by atoms with Gasteiger partial charge in [0.05, 0.1) is 12.6 Å². The van der Waals surface area contributed by atoms with Crippen LogP contribution in [0.15, 0.2) is 24.3 Å². The molecule has 3 rings (SSSR count). The molecule has 0 spiro atoms. The van der Waals surface area contributed by atoms with Crippen LogP contribution in [0.3, 0.4) is 0 Å². The summed E-state index contributed by atoms with van der Waals surface area (Å²) in [4.78, 5) is 0. The van der Waals surface area contributed by atoms with Crippen LogP contribution in [0.25, 0.3) is 0 Å².